The molecule has 1 aliphatic heterocycles. The molecule has 0 saturated carbocycles. The van der Waals surface area contributed by atoms with E-state index in [0.29, 0.717) is 18.9 Å². The molecule has 4 heteroatoms. The van der Waals surface area contributed by atoms with Gasteiger partial charge in [0.15, 0.2) is 0 Å². The Hall–Kier alpha value is -0.870. The van der Waals surface area contributed by atoms with Crippen molar-refractivity contribution in [2.45, 2.75) is 19.4 Å². The molecule has 1 amide bonds. The fourth-order valence-electron chi connectivity index (χ4n) is 2.26. The molecule has 2 atom stereocenters. The van der Waals surface area contributed by atoms with E-state index in [1.54, 1.807) is 0 Å². The molecule has 92 valence electrons. The van der Waals surface area contributed by atoms with Gasteiger partial charge in [-0.2, -0.15) is 0 Å². The van der Waals surface area contributed by atoms with Crippen LogP contribution in [0.4, 0.5) is 0 Å². The predicted octanol–water partition coefficient (Wildman–Crippen LogP) is 2.32. The third kappa shape index (κ3) is 2.69. The summed E-state index contributed by atoms with van der Waals surface area (Å²) in [6, 6.07) is 8.25. The van der Waals surface area contributed by atoms with Gasteiger partial charge in [-0.3, -0.25) is 4.79 Å². The summed E-state index contributed by atoms with van der Waals surface area (Å²) in [4.78, 5) is 13.8. The van der Waals surface area contributed by atoms with E-state index in [1.807, 2.05) is 17.0 Å². The number of halogens is 1. The minimum atomic E-state index is 0.132. The van der Waals surface area contributed by atoms with Gasteiger partial charge in [0.05, 0.1) is 6.04 Å². The van der Waals surface area contributed by atoms with Gasteiger partial charge in [0.25, 0.3) is 0 Å². The number of rotatable bonds is 3. The molecular weight excluding hydrogens is 280 g/mol. The molecule has 1 fully saturated rings. The van der Waals surface area contributed by atoms with Crippen LogP contribution in [0, 0.1) is 5.92 Å². The van der Waals surface area contributed by atoms with E-state index in [4.69, 9.17) is 5.73 Å². The van der Waals surface area contributed by atoms with Crippen LogP contribution in [-0.4, -0.2) is 23.9 Å². The average Bonchev–Trinajstić information content (AvgIpc) is 2.71. The molecule has 0 radical (unpaired) electrons. The minimum Gasteiger partial charge on any atom is -0.336 e. The van der Waals surface area contributed by atoms with Crippen LogP contribution in [0.15, 0.2) is 28.7 Å². The van der Waals surface area contributed by atoms with Gasteiger partial charge in [0.2, 0.25) is 5.91 Å². The topological polar surface area (TPSA) is 46.3 Å². The maximum absolute atomic E-state index is 11.9. The molecule has 0 spiro atoms. The molecule has 1 aromatic carbocycles. The SMILES string of the molecule is CC(c1ccc(Br)cc1)N1CC(CN)CC1=O. The van der Waals surface area contributed by atoms with Crippen molar-refractivity contribution < 1.29 is 4.79 Å². The number of hydrogen-bond donors (Lipinski definition) is 1. The van der Waals surface area contributed by atoms with Crippen LogP contribution in [-0.2, 0) is 4.79 Å². The molecule has 0 aromatic heterocycles. The molecule has 0 aliphatic carbocycles. The maximum atomic E-state index is 11.9. The first-order chi connectivity index (χ1) is 8.11. The summed E-state index contributed by atoms with van der Waals surface area (Å²) in [7, 11) is 0. The van der Waals surface area contributed by atoms with Gasteiger partial charge in [-0.15, -0.1) is 0 Å². The Balaban J connectivity index is 2.12. The number of likely N-dealkylation sites (tertiary alicyclic amines) is 1. The summed E-state index contributed by atoms with van der Waals surface area (Å²) in [5, 5.41) is 0. The van der Waals surface area contributed by atoms with E-state index in [1.165, 1.54) is 5.56 Å². The summed E-state index contributed by atoms with van der Waals surface area (Å²) in [5.41, 5.74) is 6.80. The van der Waals surface area contributed by atoms with E-state index in [9.17, 15) is 4.79 Å². The summed E-state index contributed by atoms with van der Waals surface area (Å²) >= 11 is 3.41. The molecular formula is C13H17BrN2O. The van der Waals surface area contributed by atoms with Crippen molar-refractivity contribution in [3.05, 3.63) is 34.3 Å². The van der Waals surface area contributed by atoms with Crippen LogP contribution < -0.4 is 5.73 Å². The first kappa shape index (κ1) is 12.6. The number of carbonyl (C=O) groups is 1. The quantitative estimate of drug-likeness (QED) is 0.930. The monoisotopic (exact) mass is 296 g/mol. The van der Waals surface area contributed by atoms with Crippen LogP contribution in [0.2, 0.25) is 0 Å². The summed E-state index contributed by atoms with van der Waals surface area (Å²) in [5.74, 6) is 0.538. The zero-order valence-electron chi connectivity index (χ0n) is 9.90. The normalized spacial score (nSPS) is 21.9. The Labute approximate surface area is 110 Å². The highest BCUT2D eigenvalue weighted by Gasteiger charge is 2.32. The van der Waals surface area contributed by atoms with Gasteiger partial charge >= 0.3 is 0 Å². The van der Waals surface area contributed by atoms with Crippen LogP contribution in [0.5, 0.6) is 0 Å². The van der Waals surface area contributed by atoms with Crippen molar-refractivity contribution in [3.63, 3.8) is 0 Å². The van der Waals surface area contributed by atoms with Gasteiger partial charge < -0.3 is 10.6 Å². The van der Waals surface area contributed by atoms with Gasteiger partial charge in [-0.25, -0.2) is 0 Å². The number of amides is 1. The van der Waals surface area contributed by atoms with Gasteiger partial charge in [-0.05, 0) is 37.1 Å². The second-order valence-electron chi connectivity index (χ2n) is 4.58. The Bertz CT molecular complexity index is 404. The van der Waals surface area contributed by atoms with E-state index in [2.05, 4.69) is 35.0 Å². The number of carbonyl (C=O) groups excluding carboxylic acids is 1. The minimum absolute atomic E-state index is 0.132. The third-order valence-electron chi connectivity index (χ3n) is 3.39. The van der Waals surface area contributed by atoms with E-state index in [0.717, 1.165) is 11.0 Å². The second kappa shape index (κ2) is 5.19. The van der Waals surface area contributed by atoms with E-state index in [-0.39, 0.29) is 11.9 Å². The molecule has 1 aliphatic rings. The van der Waals surface area contributed by atoms with E-state index < -0.39 is 0 Å². The lowest BCUT2D eigenvalue weighted by Crippen LogP contribution is -2.29. The van der Waals surface area contributed by atoms with Crippen molar-refractivity contribution in [1.82, 2.24) is 4.90 Å². The first-order valence-corrected chi connectivity index (χ1v) is 6.66. The first-order valence-electron chi connectivity index (χ1n) is 5.87. The van der Waals surface area contributed by atoms with Crippen molar-refractivity contribution in [2.75, 3.05) is 13.1 Å². The molecule has 2 rings (SSSR count). The largest absolute Gasteiger partial charge is 0.336 e. The maximum Gasteiger partial charge on any atom is 0.223 e. The van der Waals surface area contributed by atoms with Gasteiger partial charge in [0, 0.05) is 17.4 Å². The fourth-order valence-corrected chi connectivity index (χ4v) is 2.53. The highest BCUT2D eigenvalue weighted by atomic mass is 79.9. The molecule has 17 heavy (non-hydrogen) atoms. The fraction of sp³-hybridized carbons (Fsp3) is 0.462. The van der Waals surface area contributed by atoms with Crippen LogP contribution in [0.3, 0.4) is 0 Å². The molecule has 3 nitrogen and oxygen atoms in total. The number of hydrogen-bond acceptors (Lipinski definition) is 2. The van der Waals surface area contributed by atoms with Gasteiger partial charge in [-0.1, -0.05) is 28.1 Å². The molecule has 2 unspecified atom stereocenters. The predicted molar refractivity (Wildman–Crippen MR) is 71.4 cm³/mol. The zero-order chi connectivity index (χ0) is 12.4. The van der Waals surface area contributed by atoms with E-state index >= 15 is 0 Å². The summed E-state index contributed by atoms with van der Waals surface area (Å²) < 4.78 is 1.06. The van der Waals surface area contributed by atoms with Crippen molar-refractivity contribution in [3.8, 4) is 0 Å². The molecule has 1 aromatic rings. The smallest absolute Gasteiger partial charge is 0.223 e. The van der Waals surface area contributed by atoms with Crippen LogP contribution in [0.25, 0.3) is 0 Å². The van der Waals surface area contributed by atoms with Crippen LogP contribution >= 0.6 is 15.9 Å². The lowest BCUT2D eigenvalue weighted by molar-refractivity contribution is -0.129. The molecule has 0 bridgehead atoms. The highest BCUT2D eigenvalue weighted by Crippen LogP contribution is 2.28. The third-order valence-corrected chi connectivity index (χ3v) is 3.92. The lowest BCUT2D eigenvalue weighted by atomic mass is 10.1. The lowest BCUT2D eigenvalue weighted by Gasteiger charge is -2.25. The Morgan fingerprint density at radius 3 is 2.65 bits per heavy atom. The molecule has 1 heterocycles. The van der Waals surface area contributed by atoms with Gasteiger partial charge in [0.1, 0.15) is 0 Å². The zero-order valence-corrected chi connectivity index (χ0v) is 11.5. The Kier molecular flexibility index (Phi) is 3.84. The van der Waals surface area contributed by atoms with Crippen molar-refractivity contribution in [1.29, 1.82) is 0 Å². The van der Waals surface area contributed by atoms with Crippen molar-refractivity contribution >= 4 is 21.8 Å². The van der Waals surface area contributed by atoms with Crippen molar-refractivity contribution in [2.24, 2.45) is 11.7 Å². The standard InChI is InChI=1S/C13H17BrN2O/c1-9(11-2-4-12(14)5-3-11)16-8-10(7-15)6-13(16)17/h2-5,9-10H,6-8,15H2,1H3. The molecule has 1 saturated heterocycles. The number of benzene rings is 1. The Morgan fingerprint density at radius 2 is 2.12 bits per heavy atom. The highest BCUT2D eigenvalue weighted by molar-refractivity contribution is 9.10. The second-order valence-corrected chi connectivity index (χ2v) is 5.50. The average molecular weight is 297 g/mol. The number of nitrogens with zero attached hydrogens (tertiary/aromatic N) is 1. The summed E-state index contributed by atoms with van der Waals surface area (Å²) in [6.45, 7) is 3.45. The van der Waals surface area contributed by atoms with Crippen LogP contribution in [0.1, 0.15) is 24.9 Å². The molecule has 2 N–H and O–H groups in total. The number of nitrogens with two attached hydrogens (primary N) is 1. The Morgan fingerprint density at radius 1 is 1.47 bits per heavy atom. The summed E-state index contributed by atoms with van der Waals surface area (Å²) in [6.07, 6.45) is 0.595.